The van der Waals surface area contributed by atoms with Gasteiger partial charge >= 0.3 is 0 Å². The monoisotopic (exact) mass is 378 g/mol. The summed E-state index contributed by atoms with van der Waals surface area (Å²) < 4.78 is 10.9. The second-order valence-electron chi connectivity index (χ2n) is 5.92. The van der Waals surface area contributed by atoms with Gasteiger partial charge in [0.1, 0.15) is 17.2 Å². The fourth-order valence-electron chi connectivity index (χ4n) is 2.62. The largest absolute Gasteiger partial charge is 0.497 e. The van der Waals surface area contributed by atoms with Crippen LogP contribution in [0.2, 0.25) is 0 Å². The molecule has 0 aliphatic rings. The Balaban J connectivity index is 1.62. The van der Waals surface area contributed by atoms with E-state index in [4.69, 9.17) is 9.47 Å². The summed E-state index contributed by atoms with van der Waals surface area (Å²) in [7, 11) is 1.58. The van der Waals surface area contributed by atoms with Crippen LogP contribution in [0.1, 0.15) is 5.56 Å². The quantitative estimate of drug-likeness (QED) is 0.480. The Labute approximate surface area is 161 Å². The zero-order valence-electron chi connectivity index (χ0n) is 15.1. The van der Waals surface area contributed by atoms with Crippen molar-refractivity contribution in [1.82, 2.24) is 0 Å². The maximum absolute atomic E-state index is 12.2. The van der Waals surface area contributed by atoms with Crippen LogP contribution in [0, 0.1) is 10.1 Å². The molecule has 0 bridgehead atoms. The average molecular weight is 378 g/mol. The number of carbonyl (C=O) groups is 1. The standard InChI is InChI=1S/C21H18N2O5/c1-27-18-6-4-7-19(14-18)28-17-11-9-16(10-12-17)22-21(24)13-15-5-2-3-8-20(15)23(25)26/h2-12,14H,13H2,1H3,(H,22,24). The summed E-state index contributed by atoms with van der Waals surface area (Å²) in [4.78, 5) is 22.8. The highest BCUT2D eigenvalue weighted by Crippen LogP contribution is 2.26. The summed E-state index contributed by atoms with van der Waals surface area (Å²) in [5, 5.41) is 13.8. The fraction of sp³-hybridized carbons (Fsp3) is 0.0952. The van der Waals surface area contributed by atoms with E-state index in [9.17, 15) is 14.9 Å². The van der Waals surface area contributed by atoms with E-state index in [1.165, 1.54) is 6.07 Å². The van der Waals surface area contributed by atoms with Gasteiger partial charge in [0.25, 0.3) is 5.69 Å². The molecule has 3 rings (SSSR count). The Morgan fingerprint density at radius 2 is 1.68 bits per heavy atom. The predicted molar refractivity (Wildman–Crippen MR) is 105 cm³/mol. The van der Waals surface area contributed by atoms with Crippen LogP contribution in [-0.2, 0) is 11.2 Å². The van der Waals surface area contributed by atoms with Crippen LogP contribution >= 0.6 is 0 Å². The van der Waals surface area contributed by atoms with Gasteiger partial charge in [-0.15, -0.1) is 0 Å². The third-order valence-electron chi connectivity index (χ3n) is 3.95. The van der Waals surface area contributed by atoms with Crippen LogP contribution in [0.4, 0.5) is 11.4 Å². The van der Waals surface area contributed by atoms with E-state index in [1.807, 2.05) is 18.2 Å². The molecule has 0 aromatic heterocycles. The number of hydrogen-bond acceptors (Lipinski definition) is 5. The van der Waals surface area contributed by atoms with Crippen molar-refractivity contribution in [3.05, 3.63) is 88.5 Å². The van der Waals surface area contributed by atoms with Gasteiger partial charge < -0.3 is 14.8 Å². The minimum absolute atomic E-state index is 0.0697. The number of nitrogens with one attached hydrogen (secondary N) is 1. The van der Waals surface area contributed by atoms with E-state index in [0.717, 1.165) is 0 Å². The first-order valence-corrected chi connectivity index (χ1v) is 8.49. The number of amides is 1. The lowest BCUT2D eigenvalue weighted by atomic mass is 10.1. The van der Waals surface area contributed by atoms with E-state index < -0.39 is 4.92 Å². The van der Waals surface area contributed by atoms with E-state index >= 15 is 0 Å². The van der Waals surface area contributed by atoms with Crippen molar-refractivity contribution in [3.8, 4) is 17.2 Å². The highest BCUT2D eigenvalue weighted by Gasteiger charge is 2.15. The fourth-order valence-corrected chi connectivity index (χ4v) is 2.62. The van der Waals surface area contributed by atoms with Crippen molar-refractivity contribution >= 4 is 17.3 Å². The van der Waals surface area contributed by atoms with Gasteiger partial charge in [0.05, 0.1) is 18.5 Å². The van der Waals surface area contributed by atoms with E-state index in [1.54, 1.807) is 55.6 Å². The number of nitrogens with zero attached hydrogens (tertiary/aromatic N) is 1. The molecule has 0 saturated heterocycles. The van der Waals surface area contributed by atoms with E-state index in [-0.39, 0.29) is 18.0 Å². The molecule has 0 heterocycles. The van der Waals surface area contributed by atoms with Gasteiger partial charge in [-0.2, -0.15) is 0 Å². The van der Waals surface area contributed by atoms with Gasteiger partial charge in [-0.3, -0.25) is 14.9 Å². The first kappa shape index (κ1) is 18.9. The molecule has 7 nitrogen and oxygen atoms in total. The number of hydrogen-bond donors (Lipinski definition) is 1. The number of rotatable bonds is 7. The molecule has 0 radical (unpaired) electrons. The Morgan fingerprint density at radius 3 is 2.39 bits per heavy atom. The second kappa shape index (κ2) is 8.68. The van der Waals surface area contributed by atoms with Gasteiger partial charge in [0.15, 0.2) is 0 Å². The number of nitro groups is 1. The molecular weight excluding hydrogens is 360 g/mol. The zero-order valence-corrected chi connectivity index (χ0v) is 15.1. The summed E-state index contributed by atoms with van der Waals surface area (Å²) >= 11 is 0. The average Bonchev–Trinajstić information content (AvgIpc) is 2.70. The van der Waals surface area contributed by atoms with Gasteiger partial charge in [0.2, 0.25) is 5.91 Å². The summed E-state index contributed by atoms with van der Waals surface area (Å²) in [6.45, 7) is 0. The number of nitro benzene ring substituents is 1. The molecule has 1 N–H and O–H groups in total. The smallest absolute Gasteiger partial charge is 0.273 e. The molecule has 3 aromatic carbocycles. The Bertz CT molecular complexity index is 986. The molecule has 0 fully saturated rings. The van der Waals surface area contributed by atoms with Crippen LogP contribution in [-0.4, -0.2) is 17.9 Å². The van der Waals surface area contributed by atoms with Crippen molar-refractivity contribution in [2.45, 2.75) is 6.42 Å². The van der Waals surface area contributed by atoms with Crippen LogP contribution in [0.3, 0.4) is 0 Å². The third kappa shape index (κ3) is 4.85. The van der Waals surface area contributed by atoms with Crippen LogP contribution < -0.4 is 14.8 Å². The third-order valence-corrected chi connectivity index (χ3v) is 3.95. The topological polar surface area (TPSA) is 90.7 Å². The van der Waals surface area contributed by atoms with Crippen LogP contribution in [0.15, 0.2) is 72.8 Å². The molecule has 0 aliphatic carbocycles. The Kier molecular flexibility index (Phi) is 5.86. The van der Waals surface area contributed by atoms with Gasteiger partial charge in [-0.25, -0.2) is 0 Å². The molecule has 7 heteroatoms. The van der Waals surface area contributed by atoms with Crippen molar-refractivity contribution in [1.29, 1.82) is 0 Å². The molecule has 0 aliphatic heterocycles. The highest BCUT2D eigenvalue weighted by atomic mass is 16.6. The molecule has 142 valence electrons. The molecule has 0 unspecified atom stereocenters. The first-order chi connectivity index (χ1) is 13.5. The van der Waals surface area contributed by atoms with Crippen LogP contribution in [0.5, 0.6) is 17.2 Å². The van der Waals surface area contributed by atoms with Crippen molar-refractivity contribution in [2.75, 3.05) is 12.4 Å². The van der Waals surface area contributed by atoms with E-state index in [2.05, 4.69) is 5.32 Å². The lowest BCUT2D eigenvalue weighted by Gasteiger charge is -2.09. The number of benzene rings is 3. The van der Waals surface area contributed by atoms with Gasteiger partial charge in [-0.05, 0) is 36.4 Å². The molecule has 0 spiro atoms. The lowest BCUT2D eigenvalue weighted by Crippen LogP contribution is -2.15. The minimum atomic E-state index is -0.493. The van der Waals surface area contributed by atoms with Crippen molar-refractivity contribution < 1.29 is 19.2 Å². The second-order valence-corrected chi connectivity index (χ2v) is 5.92. The summed E-state index contributed by atoms with van der Waals surface area (Å²) in [6.07, 6.45) is -0.0841. The molecule has 0 atom stereocenters. The number of para-hydroxylation sites is 1. The molecule has 28 heavy (non-hydrogen) atoms. The number of carbonyl (C=O) groups excluding carboxylic acids is 1. The molecule has 0 saturated carbocycles. The minimum Gasteiger partial charge on any atom is -0.497 e. The first-order valence-electron chi connectivity index (χ1n) is 8.49. The maximum Gasteiger partial charge on any atom is 0.273 e. The van der Waals surface area contributed by atoms with Crippen molar-refractivity contribution in [2.24, 2.45) is 0 Å². The van der Waals surface area contributed by atoms with Crippen molar-refractivity contribution in [3.63, 3.8) is 0 Å². The molecule has 3 aromatic rings. The predicted octanol–water partition coefficient (Wildman–Crippen LogP) is 4.58. The molecular formula is C21H18N2O5. The Hall–Kier alpha value is -3.87. The summed E-state index contributed by atoms with van der Waals surface area (Å²) in [5.74, 6) is 1.59. The molecule has 1 amide bonds. The normalized spacial score (nSPS) is 10.2. The van der Waals surface area contributed by atoms with Crippen LogP contribution in [0.25, 0.3) is 0 Å². The summed E-state index contributed by atoms with van der Waals surface area (Å²) in [6, 6.07) is 20.3. The lowest BCUT2D eigenvalue weighted by molar-refractivity contribution is -0.385. The Morgan fingerprint density at radius 1 is 0.964 bits per heavy atom. The van der Waals surface area contributed by atoms with E-state index in [0.29, 0.717) is 28.5 Å². The SMILES string of the molecule is COc1cccc(Oc2ccc(NC(=O)Cc3ccccc3[N+](=O)[O-])cc2)c1. The number of methoxy groups -OCH3 is 1. The number of anilines is 1. The van der Waals surface area contributed by atoms with Gasteiger partial charge in [-0.1, -0.05) is 24.3 Å². The highest BCUT2D eigenvalue weighted by molar-refractivity contribution is 5.92. The van der Waals surface area contributed by atoms with Gasteiger partial charge in [0, 0.05) is 23.4 Å². The zero-order chi connectivity index (χ0) is 19.9. The summed E-state index contributed by atoms with van der Waals surface area (Å²) in [5.41, 5.74) is 0.865. The number of ether oxygens (including phenoxy) is 2. The maximum atomic E-state index is 12.2.